The SMILES string of the molecule is Cc1[nH][nH]c(=O)c1CC(=O)N1CC[C@@H](O)[C@](Cc2ccc(F)cc2)(C(=O)O)C1. The van der Waals surface area contributed by atoms with E-state index in [0.717, 1.165) is 0 Å². The second-order valence-corrected chi connectivity index (χ2v) is 7.24. The Bertz CT molecular complexity index is 936. The van der Waals surface area contributed by atoms with Crippen LogP contribution in [0.4, 0.5) is 4.39 Å². The van der Waals surface area contributed by atoms with E-state index < -0.39 is 28.9 Å². The molecule has 1 aromatic heterocycles. The summed E-state index contributed by atoms with van der Waals surface area (Å²) < 4.78 is 13.2. The van der Waals surface area contributed by atoms with Gasteiger partial charge in [0.1, 0.15) is 11.2 Å². The number of carboxylic acids is 1. The molecule has 1 aromatic carbocycles. The number of aryl methyl sites for hydroxylation is 1. The normalized spacial score (nSPS) is 22.2. The number of carbonyl (C=O) groups excluding carboxylic acids is 1. The minimum absolute atomic E-state index is 0.0443. The number of likely N-dealkylation sites (tertiary alicyclic amines) is 1. The summed E-state index contributed by atoms with van der Waals surface area (Å²) in [6.45, 7) is 1.66. The molecule has 9 heteroatoms. The third kappa shape index (κ3) is 3.70. The zero-order valence-electron chi connectivity index (χ0n) is 15.4. The Kier molecular flexibility index (Phi) is 5.37. The van der Waals surface area contributed by atoms with Gasteiger partial charge in [-0.15, -0.1) is 0 Å². The number of benzene rings is 1. The van der Waals surface area contributed by atoms with Gasteiger partial charge in [0.2, 0.25) is 5.91 Å². The van der Waals surface area contributed by atoms with Crippen LogP contribution in [0.3, 0.4) is 0 Å². The summed E-state index contributed by atoms with van der Waals surface area (Å²) in [5, 5.41) is 25.4. The van der Waals surface area contributed by atoms with E-state index in [-0.39, 0.29) is 38.3 Å². The Labute approximate surface area is 160 Å². The van der Waals surface area contributed by atoms with E-state index in [4.69, 9.17) is 0 Å². The van der Waals surface area contributed by atoms with Crippen molar-refractivity contribution in [2.75, 3.05) is 13.1 Å². The van der Waals surface area contributed by atoms with E-state index in [1.165, 1.54) is 29.2 Å². The molecule has 1 amide bonds. The van der Waals surface area contributed by atoms with Gasteiger partial charge >= 0.3 is 5.97 Å². The molecular formula is C19H22FN3O5. The molecule has 0 saturated carbocycles. The predicted octanol–water partition coefficient (Wildman–Crippen LogP) is 0.600. The molecule has 0 radical (unpaired) electrons. The first-order valence-corrected chi connectivity index (χ1v) is 8.93. The van der Waals surface area contributed by atoms with Crippen molar-refractivity contribution in [1.82, 2.24) is 15.1 Å². The molecule has 1 aliphatic rings. The van der Waals surface area contributed by atoms with Crippen LogP contribution in [0.5, 0.6) is 0 Å². The number of halogens is 1. The van der Waals surface area contributed by atoms with E-state index in [1.807, 2.05) is 0 Å². The van der Waals surface area contributed by atoms with Gasteiger partial charge in [-0.3, -0.25) is 19.5 Å². The van der Waals surface area contributed by atoms with Crippen molar-refractivity contribution in [3.05, 3.63) is 57.3 Å². The third-order valence-electron chi connectivity index (χ3n) is 5.41. The summed E-state index contributed by atoms with van der Waals surface area (Å²) in [7, 11) is 0. The molecule has 28 heavy (non-hydrogen) atoms. The molecule has 2 heterocycles. The summed E-state index contributed by atoms with van der Waals surface area (Å²) >= 11 is 0. The highest BCUT2D eigenvalue weighted by Gasteiger charge is 2.50. The van der Waals surface area contributed by atoms with Crippen molar-refractivity contribution in [3.8, 4) is 0 Å². The molecule has 1 aliphatic heterocycles. The highest BCUT2D eigenvalue weighted by molar-refractivity contribution is 5.82. The average molecular weight is 391 g/mol. The molecule has 4 N–H and O–H groups in total. The zero-order chi connectivity index (χ0) is 20.5. The quantitative estimate of drug-likeness (QED) is 0.594. The molecule has 150 valence electrons. The van der Waals surface area contributed by atoms with E-state index in [2.05, 4.69) is 10.2 Å². The standard InChI is InChI=1S/C19H22FN3O5/c1-11-14(17(26)22-21-11)8-16(25)23-7-6-15(24)19(10-23,18(27)28)9-12-2-4-13(20)5-3-12/h2-5,15,24H,6-10H2,1H3,(H,27,28)(H2,21,22,26)/t15-,19-/m1/s1. The first-order chi connectivity index (χ1) is 13.2. The zero-order valence-corrected chi connectivity index (χ0v) is 15.4. The Hall–Kier alpha value is -2.94. The molecule has 1 saturated heterocycles. The van der Waals surface area contributed by atoms with E-state index in [9.17, 15) is 29.0 Å². The highest BCUT2D eigenvalue weighted by atomic mass is 19.1. The Morgan fingerprint density at radius 3 is 2.54 bits per heavy atom. The maximum absolute atomic E-state index is 13.2. The number of H-pyrrole nitrogens is 2. The van der Waals surface area contributed by atoms with Crippen molar-refractivity contribution in [2.45, 2.75) is 32.3 Å². The molecule has 8 nitrogen and oxygen atoms in total. The molecular weight excluding hydrogens is 369 g/mol. The van der Waals surface area contributed by atoms with Gasteiger partial charge < -0.3 is 20.2 Å². The van der Waals surface area contributed by atoms with Crippen molar-refractivity contribution < 1.29 is 24.2 Å². The minimum Gasteiger partial charge on any atom is -0.481 e. The maximum Gasteiger partial charge on any atom is 0.314 e. The lowest BCUT2D eigenvalue weighted by Gasteiger charge is -2.43. The largest absolute Gasteiger partial charge is 0.481 e. The number of carboxylic acid groups (broad SMARTS) is 1. The van der Waals surface area contributed by atoms with Crippen LogP contribution < -0.4 is 5.56 Å². The van der Waals surface area contributed by atoms with Crippen LogP contribution >= 0.6 is 0 Å². The van der Waals surface area contributed by atoms with Crippen LogP contribution in [0.25, 0.3) is 0 Å². The van der Waals surface area contributed by atoms with Gasteiger partial charge in [0, 0.05) is 24.3 Å². The average Bonchev–Trinajstić information content (AvgIpc) is 2.97. The number of hydrogen-bond donors (Lipinski definition) is 4. The van der Waals surface area contributed by atoms with Crippen LogP contribution in [0.1, 0.15) is 23.2 Å². The number of aromatic amines is 2. The molecule has 2 atom stereocenters. The third-order valence-corrected chi connectivity index (χ3v) is 5.41. The number of aliphatic hydroxyl groups is 1. The van der Waals surface area contributed by atoms with E-state index >= 15 is 0 Å². The maximum atomic E-state index is 13.2. The lowest BCUT2D eigenvalue weighted by molar-refractivity contribution is -0.165. The van der Waals surface area contributed by atoms with Gasteiger partial charge in [-0.25, -0.2) is 4.39 Å². The lowest BCUT2D eigenvalue weighted by Crippen LogP contribution is -2.58. The lowest BCUT2D eigenvalue weighted by atomic mass is 9.72. The van der Waals surface area contributed by atoms with Crippen molar-refractivity contribution in [3.63, 3.8) is 0 Å². The Morgan fingerprint density at radius 1 is 1.29 bits per heavy atom. The summed E-state index contributed by atoms with van der Waals surface area (Å²) in [6, 6.07) is 5.39. The first-order valence-electron chi connectivity index (χ1n) is 8.93. The second kappa shape index (κ2) is 7.59. The molecule has 0 spiro atoms. The fourth-order valence-corrected chi connectivity index (χ4v) is 3.67. The molecule has 0 unspecified atom stereocenters. The summed E-state index contributed by atoms with van der Waals surface area (Å²) in [4.78, 5) is 38.0. The molecule has 1 fully saturated rings. The number of aliphatic carboxylic acids is 1. The smallest absolute Gasteiger partial charge is 0.314 e. The van der Waals surface area contributed by atoms with Crippen LogP contribution in [-0.4, -0.2) is 56.4 Å². The van der Waals surface area contributed by atoms with Crippen molar-refractivity contribution in [2.24, 2.45) is 5.41 Å². The van der Waals surface area contributed by atoms with E-state index in [1.54, 1.807) is 6.92 Å². The highest BCUT2D eigenvalue weighted by Crippen LogP contribution is 2.35. The minimum atomic E-state index is -1.61. The van der Waals surface area contributed by atoms with Crippen LogP contribution in [0.2, 0.25) is 0 Å². The number of nitrogens with zero attached hydrogens (tertiary/aromatic N) is 1. The number of rotatable bonds is 5. The van der Waals surface area contributed by atoms with Crippen LogP contribution in [0.15, 0.2) is 29.1 Å². The predicted molar refractivity (Wildman–Crippen MR) is 97.2 cm³/mol. The summed E-state index contributed by atoms with van der Waals surface area (Å²) in [5.74, 6) is -2.05. The Balaban J connectivity index is 1.84. The van der Waals surface area contributed by atoms with Gasteiger partial charge in [-0.2, -0.15) is 0 Å². The van der Waals surface area contributed by atoms with Crippen molar-refractivity contribution >= 4 is 11.9 Å². The van der Waals surface area contributed by atoms with Gasteiger partial charge in [-0.05, 0) is 37.5 Å². The van der Waals surface area contributed by atoms with Gasteiger partial charge in [0.25, 0.3) is 5.56 Å². The summed E-state index contributed by atoms with van der Waals surface area (Å²) in [5.41, 5.74) is -0.596. The molecule has 2 aromatic rings. The number of aliphatic hydroxyl groups excluding tert-OH is 1. The fraction of sp³-hybridized carbons (Fsp3) is 0.421. The second-order valence-electron chi connectivity index (χ2n) is 7.24. The number of piperidine rings is 1. The van der Waals surface area contributed by atoms with E-state index in [0.29, 0.717) is 16.8 Å². The number of carbonyl (C=O) groups is 2. The van der Waals surface area contributed by atoms with Gasteiger partial charge in [0.15, 0.2) is 0 Å². The molecule has 3 rings (SSSR count). The van der Waals surface area contributed by atoms with Gasteiger partial charge in [0.05, 0.1) is 12.5 Å². The first kappa shape index (κ1) is 19.8. The Morgan fingerprint density at radius 2 is 1.96 bits per heavy atom. The van der Waals surface area contributed by atoms with Crippen molar-refractivity contribution in [1.29, 1.82) is 0 Å². The number of nitrogens with one attached hydrogen (secondary N) is 2. The number of amides is 1. The van der Waals surface area contributed by atoms with Crippen LogP contribution in [-0.2, 0) is 22.4 Å². The molecule has 0 bridgehead atoms. The number of aromatic nitrogens is 2. The van der Waals surface area contributed by atoms with Crippen LogP contribution in [0, 0.1) is 18.2 Å². The summed E-state index contributed by atoms with van der Waals surface area (Å²) in [6.07, 6.45) is -1.26. The topological polar surface area (TPSA) is 126 Å². The fourth-order valence-electron chi connectivity index (χ4n) is 3.67. The van der Waals surface area contributed by atoms with Gasteiger partial charge in [-0.1, -0.05) is 12.1 Å². The molecule has 0 aliphatic carbocycles. The monoisotopic (exact) mass is 391 g/mol. The number of hydrogen-bond acceptors (Lipinski definition) is 4.